The minimum atomic E-state index is -0.734. The zero-order chi connectivity index (χ0) is 18.6. The lowest BCUT2D eigenvalue weighted by Gasteiger charge is -2.21. The number of hydrogen-bond donors (Lipinski definition) is 3. The fourth-order valence-corrected chi connectivity index (χ4v) is 2.54. The summed E-state index contributed by atoms with van der Waals surface area (Å²) in [7, 11) is 0. The number of hydrogen-bond acceptors (Lipinski definition) is 4. The summed E-state index contributed by atoms with van der Waals surface area (Å²) in [6.45, 7) is 7.38. The smallest absolute Gasteiger partial charge is 0.287 e. The van der Waals surface area contributed by atoms with Gasteiger partial charge < -0.3 is 20.0 Å². The first-order valence-electron chi connectivity index (χ1n) is 8.11. The van der Waals surface area contributed by atoms with E-state index in [1.54, 1.807) is 13.0 Å². The SMILES string of the molecule is Cc1cc(C)c(CNC(=O)[C@@H](NC(=O)c2ccco2)C(C)C)c(=O)[nH]1. The lowest BCUT2D eigenvalue weighted by molar-refractivity contribution is -0.124. The normalized spacial score (nSPS) is 12.0. The number of nitrogens with one attached hydrogen (secondary N) is 3. The molecule has 25 heavy (non-hydrogen) atoms. The summed E-state index contributed by atoms with van der Waals surface area (Å²) in [5, 5.41) is 5.39. The topological polar surface area (TPSA) is 104 Å². The number of H-pyrrole nitrogens is 1. The Labute approximate surface area is 145 Å². The van der Waals surface area contributed by atoms with E-state index in [0.29, 0.717) is 5.56 Å². The van der Waals surface area contributed by atoms with Gasteiger partial charge in [-0.3, -0.25) is 14.4 Å². The second-order valence-electron chi connectivity index (χ2n) is 6.33. The minimum Gasteiger partial charge on any atom is -0.459 e. The number of carbonyl (C=O) groups excluding carboxylic acids is 2. The highest BCUT2D eigenvalue weighted by molar-refractivity contribution is 5.95. The maximum atomic E-state index is 12.5. The number of pyridine rings is 1. The molecule has 0 aliphatic carbocycles. The molecular formula is C18H23N3O4. The first kappa shape index (κ1) is 18.5. The van der Waals surface area contributed by atoms with Crippen LogP contribution in [0.4, 0.5) is 0 Å². The van der Waals surface area contributed by atoms with E-state index < -0.39 is 11.9 Å². The molecule has 0 unspecified atom stereocenters. The first-order chi connectivity index (χ1) is 11.8. The molecule has 0 aliphatic rings. The Bertz CT molecular complexity index is 806. The molecule has 0 radical (unpaired) electrons. The van der Waals surface area contributed by atoms with E-state index in [2.05, 4.69) is 15.6 Å². The van der Waals surface area contributed by atoms with E-state index in [4.69, 9.17) is 4.42 Å². The van der Waals surface area contributed by atoms with Crippen molar-refractivity contribution in [3.8, 4) is 0 Å². The Kier molecular flexibility index (Phi) is 5.80. The summed E-state index contributed by atoms with van der Waals surface area (Å²) >= 11 is 0. The second-order valence-corrected chi connectivity index (χ2v) is 6.33. The molecule has 2 aromatic heterocycles. The van der Waals surface area contributed by atoms with Gasteiger partial charge >= 0.3 is 0 Å². The molecule has 0 aromatic carbocycles. The van der Waals surface area contributed by atoms with E-state index in [9.17, 15) is 14.4 Å². The summed E-state index contributed by atoms with van der Waals surface area (Å²) in [4.78, 5) is 39.3. The maximum absolute atomic E-state index is 12.5. The molecule has 0 spiro atoms. The van der Waals surface area contributed by atoms with Crippen LogP contribution >= 0.6 is 0 Å². The van der Waals surface area contributed by atoms with Gasteiger partial charge in [0.2, 0.25) is 5.91 Å². The van der Waals surface area contributed by atoms with Crippen molar-refractivity contribution in [2.75, 3.05) is 0 Å². The molecule has 0 bridgehead atoms. The summed E-state index contributed by atoms with van der Waals surface area (Å²) < 4.78 is 5.04. The third-order valence-electron chi connectivity index (χ3n) is 3.91. The van der Waals surface area contributed by atoms with Crippen molar-refractivity contribution >= 4 is 11.8 Å². The molecule has 1 atom stereocenters. The number of amides is 2. The lowest BCUT2D eigenvalue weighted by atomic mass is 10.0. The average molecular weight is 345 g/mol. The van der Waals surface area contributed by atoms with Gasteiger partial charge in [0.1, 0.15) is 6.04 Å². The maximum Gasteiger partial charge on any atom is 0.287 e. The summed E-state index contributed by atoms with van der Waals surface area (Å²) in [6.07, 6.45) is 1.39. The van der Waals surface area contributed by atoms with Crippen molar-refractivity contribution in [1.82, 2.24) is 15.6 Å². The van der Waals surface area contributed by atoms with Crippen LogP contribution in [-0.4, -0.2) is 22.8 Å². The lowest BCUT2D eigenvalue weighted by Crippen LogP contribution is -2.49. The summed E-state index contributed by atoms with van der Waals surface area (Å²) in [6, 6.07) is 4.25. The van der Waals surface area contributed by atoms with Crippen molar-refractivity contribution in [2.45, 2.75) is 40.3 Å². The van der Waals surface area contributed by atoms with Crippen LogP contribution in [0.1, 0.15) is 41.2 Å². The van der Waals surface area contributed by atoms with Gasteiger partial charge in [-0.1, -0.05) is 13.8 Å². The van der Waals surface area contributed by atoms with Crippen LogP contribution in [-0.2, 0) is 11.3 Å². The van der Waals surface area contributed by atoms with Crippen LogP contribution in [0.25, 0.3) is 0 Å². The third-order valence-corrected chi connectivity index (χ3v) is 3.91. The Balaban J connectivity index is 2.06. The first-order valence-corrected chi connectivity index (χ1v) is 8.11. The highest BCUT2D eigenvalue weighted by Crippen LogP contribution is 2.07. The van der Waals surface area contributed by atoms with Gasteiger partial charge in [-0.2, -0.15) is 0 Å². The van der Waals surface area contributed by atoms with E-state index in [1.807, 2.05) is 26.8 Å². The van der Waals surface area contributed by atoms with Crippen molar-refractivity contribution in [3.05, 3.63) is 57.4 Å². The van der Waals surface area contributed by atoms with Crippen LogP contribution in [0.2, 0.25) is 0 Å². The molecule has 2 heterocycles. The summed E-state index contributed by atoms with van der Waals surface area (Å²) in [5.41, 5.74) is 1.85. The largest absolute Gasteiger partial charge is 0.459 e. The molecule has 7 nitrogen and oxygen atoms in total. The third kappa shape index (κ3) is 4.59. The van der Waals surface area contributed by atoms with Crippen LogP contribution in [0.3, 0.4) is 0 Å². The zero-order valence-corrected chi connectivity index (χ0v) is 14.8. The molecule has 2 aromatic rings. The van der Waals surface area contributed by atoms with Crippen LogP contribution in [0, 0.1) is 19.8 Å². The van der Waals surface area contributed by atoms with Crippen molar-refractivity contribution in [1.29, 1.82) is 0 Å². The van der Waals surface area contributed by atoms with Gasteiger partial charge in [0, 0.05) is 17.8 Å². The van der Waals surface area contributed by atoms with Gasteiger partial charge in [0.15, 0.2) is 5.76 Å². The summed E-state index contributed by atoms with van der Waals surface area (Å²) in [5.74, 6) is -0.793. The van der Waals surface area contributed by atoms with E-state index in [1.165, 1.54) is 12.3 Å². The Morgan fingerprint density at radius 3 is 2.56 bits per heavy atom. The van der Waals surface area contributed by atoms with Gasteiger partial charge in [-0.15, -0.1) is 0 Å². The van der Waals surface area contributed by atoms with Crippen molar-refractivity contribution in [2.24, 2.45) is 5.92 Å². The number of aryl methyl sites for hydroxylation is 2. The van der Waals surface area contributed by atoms with Gasteiger partial charge in [-0.25, -0.2) is 0 Å². The quantitative estimate of drug-likeness (QED) is 0.740. The fraction of sp³-hybridized carbons (Fsp3) is 0.389. The number of aromatic amines is 1. The molecule has 7 heteroatoms. The molecule has 2 rings (SSSR count). The van der Waals surface area contributed by atoms with Gasteiger partial charge in [0.05, 0.1) is 6.26 Å². The monoisotopic (exact) mass is 345 g/mol. The van der Waals surface area contributed by atoms with Crippen LogP contribution in [0.5, 0.6) is 0 Å². The van der Waals surface area contributed by atoms with E-state index in [0.717, 1.165) is 11.3 Å². The predicted octanol–water partition coefficient (Wildman–Crippen LogP) is 1.66. The second kappa shape index (κ2) is 7.83. The molecule has 0 saturated heterocycles. The van der Waals surface area contributed by atoms with Crippen LogP contribution < -0.4 is 16.2 Å². The van der Waals surface area contributed by atoms with Crippen molar-refractivity contribution in [3.63, 3.8) is 0 Å². The molecule has 3 N–H and O–H groups in total. The Hall–Kier alpha value is -2.83. The predicted molar refractivity (Wildman–Crippen MR) is 93.2 cm³/mol. The molecule has 0 fully saturated rings. The van der Waals surface area contributed by atoms with Gasteiger partial charge in [0.25, 0.3) is 11.5 Å². The molecule has 0 aliphatic heterocycles. The standard InChI is InChI=1S/C18H23N3O4/c1-10(2)15(21-17(23)14-6-5-7-25-14)18(24)19-9-13-11(3)8-12(4)20-16(13)22/h5-8,10,15H,9H2,1-4H3,(H,19,24)(H,20,22)(H,21,23)/t15-/m0/s1. The highest BCUT2D eigenvalue weighted by atomic mass is 16.3. The number of carbonyl (C=O) groups is 2. The van der Waals surface area contributed by atoms with E-state index in [-0.39, 0.29) is 29.7 Å². The molecular weight excluding hydrogens is 322 g/mol. The fourth-order valence-electron chi connectivity index (χ4n) is 2.54. The average Bonchev–Trinajstić information content (AvgIpc) is 3.05. The number of furan rings is 1. The molecule has 0 saturated carbocycles. The number of aromatic nitrogens is 1. The number of rotatable bonds is 6. The zero-order valence-electron chi connectivity index (χ0n) is 14.8. The minimum absolute atomic E-state index is 0.0973. The molecule has 2 amide bonds. The van der Waals surface area contributed by atoms with E-state index >= 15 is 0 Å². The van der Waals surface area contributed by atoms with Crippen molar-refractivity contribution < 1.29 is 14.0 Å². The Morgan fingerprint density at radius 1 is 1.28 bits per heavy atom. The van der Waals surface area contributed by atoms with Crippen LogP contribution in [0.15, 0.2) is 33.7 Å². The Morgan fingerprint density at radius 2 is 2.00 bits per heavy atom. The highest BCUT2D eigenvalue weighted by Gasteiger charge is 2.25. The van der Waals surface area contributed by atoms with Gasteiger partial charge in [-0.05, 0) is 43.5 Å². The molecule has 134 valence electrons.